The van der Waals surface area contributed by atoms with Gasteiger partial charge in [-0.25, -0.2) is 4.39 Å². The van der Waals surface area contributed by atoms with Crippen molar-refractivity contribution < 1.29 is 9.18 Å². The highest BCUT2D eigenvalue weighted by Gasteiger charge is 2.17. The Kier molecular flexibility index (Phi) is 5.38. The second-order valence-electron chi connectivity index (χ2n) is 5.42. The summed E-state index contributed by atoms with van der Waals surface area (Å²) in [4.78, 5) is 14.2. The molecule has 1 aromatic rings. The lowest BCUT2D eigenvalue weighted by Crippen LogP contribution is -2.32. The zero-order valence-electron chi connectivity index (χ0n) is 11.7. The SMILES string of the molecule is CN1CCC(CCNC(=O)c2cc(Cl)ccc2F)CC1. The minimum atomic E-state index is -0.536. The van der Waals surface area contributed by atoms with Crippen LogP contribution in [0, 0.1) is 11.7 Å². The third-order valence-electron chi connectivity index (χ3n) is 3.85. The Morgan fingerprint density at radius 2 is 2.15 bits per heavy atom. The van der Waals surface area contributed by atoms with E-state index in [1.165, 1.54) is 18.2 Å². The van der Waals surface area contributed by atoms with Gasteiger partial charge in [0.2, 0.25) is 0 Å². The molecular weight excluding hydrogens is 279 g/mol. The van der Waals surface area contributed by atoms with Crippen LogP contribution in [0.2, 0.25) is 5.02 Å². The Labute approximate surface area is 124 Å². The van der Waals surface area contributed by atoms with E-state index in [-0.39, 0.29) is 5.56 Å². The zero-order valence-corrected chi connectivity index (χ0v) is 12.4. The highest BCUT2D eigenvalue weighted by Crippen LogP contribution is 2.19. The summed E-state index contributed by atoms with van der Waals surface area (Å²) >= 11 is 5.78. The average molecular weight is 299 g/mol. The van der Waals surface area contributed by atoms with E-state index in [0.29, 0.717) is 17.5 Å². The first kappa shape index (κ1) is 15.3. The Balaban J connectivity index is 1.79. The number of carbonyl (C=O) groups is 1. The summed E-state index contributed by atoms with van der Waals surface area (Å²) in [5, 5.41) is 3.14. The summed E-state index contributed by atoms with van der Waals surface area (Å²) in [5.74, 6) is -0.278. The topological polar surface area (TPSA) is 32.3 Å². The van der Waals surface area contributed by atoms with Crippen LogP contribution in [-0.4, -0.2) is 37.5 Å². The fraction of sp³-hybridized carbons (Fsp3) is 0.533. The maximum atomic E-state index is 13.5. The number of hydrogen-bond donors (Lipinski definition) is 1. The van der Waals surface area contributed by atoms with Crippen molar-refractivity contribution in [2.75, 3.05) is 26.7 Å². The standard InChI is InChI=1S/C15H20ClFN2O/c1-19-8-5-11(6-9-19)4-7-18-15(20)13-10-12(16)2-3-14(13)17/h2-3,10-11H,4-9H2,1H3,(H,18,20). The molecule has 1 aliphatic heterocycles. The third-order valence-corrected chi connectivity index (χ3v) is 4.08. The number of benzene rings is 1. The molecule has 0 saturated carbocycles. The van der Waals surface area contributed by atoms with Gasteiger partial charge in [0.05, 0.1) is 5.56 Å². The normalized spacial score (nSPS) is 17.1. The highest BCUT2D eigenvalue weighted by atomic mass is 35.5. The molecular formula is C15H20ClFN2O. The van der Waals surface area contributed by atoms with Gasteiger partial charge >= 0.3 is 0 Å². The predicted molar refractivity (Wildman–Crippen MR) is 78.6 cm³/mol. The predicted octanol–water partition coefficient (Wildman–Crippen LogP) is 2.94. The van der Waals surface area contributed by atoms with E-state index >= 15 is 0 Å². The molecule has 1 fully saturated rings. The second kappa shape index (κ2) is 7.04. The van der Waals surface area contributed by atoms with Crippen molar-refractivity contribution in [1.29, 1.82) is 0 Å². The van der Waals surface area contributed by atoms with Crippen molar-refractivity contribution in [3.63, 3.8) is 0 Å². The molecule has 110 valence electrons. The largest absolute Gasteiger partial charge is 0.352 e. The molecule has 0 aliphatic carbocycles. The van der Waals surface area contributed by atoms with Gasteiger partial charge in [-0.05, 0) is 63.5 Å². The number of rotatable bonds is 4. The second-order valence-corrected chi connectivity index (χ2v) is 5.85. The van der Waals surface area contributed by atoms with Crippen LogP contribution in [0.4, 0.5) is 4.39 Å². The fourth-order valence-electron chi connectivity index (χ4n) is 2.51. The maximum absolute atomic E-state index is 13.5. The van der Waals surface area contributed by atoms with Gasteiger partial charge in [0, 0.05) is 11.6 Å². The van der Waals surface area contributed by atoms with E-state index in [0.717, 1.165) is 32.4 Å². The molecule has 0 bridgehead atoms. The van der Waals surface area contributed by atoms with Gasteiger partial charge in [0.15, 0.2) is 0 Å². The fourth-order valence-corrected chi connectivity index (χ4v) is 2.68. The smallest absolute Gasteiger partial charge is 0.254 e. The van der Waals surface area contributed by atoms with Crippen LogP contribution in [0.15, 0.2) is 18.2 Å². The number of piperidine rings is 1. The first-order chi connectivity index (χ1) is 9.56. The van der Waals surface area contributed by atoms with Crippen molar-refractivity contribution in [3.8, 4) is 0 Å². The monoisotopic (exact) mass is 298 g/mol. The summed E-state index contributed by atoms with van der Waals surface area (Å²) < 4.78 is 13.5. The summed E-state index contributed by atoms with van der Waals surface area (Å²) in [6, 6.07) is 4.02. The van der Waals surface area contributed by atoms with E-state index in [1.807, 2.05) is 0 Å². The quantitative estimate of drug-likeness (QED) is 0.927. The van der Waals surface area contributed by atoms with Gasteiger partial charge in [-0.3, -0.25) is 4.79 Å². The van der Waals surface area contributed by atoms with Gasteiger partial charge in [0.1, 0.15) is 5.82 Å². The lowest BCUT2D eigenvalue weighted by Gasteiger charge is -2.28. The molecule has 2 rings (SSSR count). The van der Waals surface area contributed by atoms with Gasteiger partial charge in [-0.15, -0.1) is 0 Å². The minimum Gasteiger partial charge on any atom is -0.352 e. The summed E-state index contributed by atoms with van der Waals surface area (Å²) in [6.45, 7) is 2.81. The molecule has 0 aromatic heterocycles. The van der Waals surface area contributed by atoms with Crippen LogP contribution >= 0.6 is 11.6 Å². The Morgan fingerprint density at radius 1 is 1.45 bits per heavy atom. The van der Waals surface area contributed by atoms with Gasteiger partial charge < -0.3 is 10.2 Å². The van der Waals surface area contributed by atoms with Crippen molar-refractivity contribution in [3.05, 3.63) is 34.6 Å². The summed E-state index contributed by atoms with van der Waals surface area (Å²) in [6.07, 6.45) is 3.28. The molecule has 5 heteroatoms. The molecule has 0 spiro atoms. The number of nitrogens with one attached hydrogen (secondary N) is 1. The molecule has 1 heterocycles. The third kappa shape index (κ3) is 4.18. The van der Waals surface area contributed by atoms with Crippen LogP contribution in [0.5, 0.6) is 0 Å². The maximum Gasteiger partial charge on any atom is 0.254 e. The van der Waals surface area contributed by atoms with E-state index in [2.05, 4.69) is 17.3 Å². The molecule has 1 amide bonds. The van der Waals surface area contributed by atoms with Crippen LogP contribution in [-0.2, 0) is 0 Å². The first-order valence-electron chi connectivity index (χ1n) is 6.98. The lowest BCUT2D eigenvalue weighted by atomic mass is 9.94. The number of nitrogens with zero attached hydrogens (tertiary/aromatic N) is 1. The van der Waals surface area contributed by atoms with Crippen molar-refractivity contribution >= 4 is 17.5 Å². The van der Waals surface area contributed by atoms with Gasteiger partial charge in [-0.1, -0.05) is 11.6 Å². The van der Waals surface area contributed by atoms with E-state index in [4.69, 9.17) is 11.6 Å². The van der Waals surface area contributed by atoms with Crippen molar-refractivity contribution in [2.24, 2.45) is 5.92 Å². The highest BCUT2D eigenvalue weighted by molar-refractivity contribution is 6.30. The Bertz CT molecular complexity index is 473. The molecule has 1 saturated heterocycles. The Morgan fingerprint density at radius 3 is 2.85 bits per heavy atom. The van der Waals surface area contributed by atoms with E-state index in [9.17, 15) is 9.18 Å². The number of amides is 1. The zero-order chi connectivity index (χ0) is 14.5. The number of carbonyl (C=O) groups excluding carboxylic acids is 1. The Hall–Kier alpha value is -1.13. The van der Waals surface area contributed by atoms with Crippen LogP contribution < -0.4 is 5.32 Å². The van der Waals surface area contributed by atoms with Crippen molar-refractivity contribution in [2.45, 2.75) is 19.3 Å². The van der Waals surface area contributed by atoms with Crippen LogP contribution in [0.3, 0.4) is 0 Å². The van der Waals surface area contributed by atoms with Crippen LogP contribution in [0.25, 0.3) is 0 Å². The van der Waals surface area contributed by atoms with Gasteiger partial charge in [0.25, 0.3) is 5.91 Å². The molecule has 0 unspecified atom stereocenters. The summed E-state index contributed by atoms with van der Waals surface area (Å²) in [5.41, 5.74) is 0.0147. The van der Waals surface area contributed by atoms with Gasteiger partial charge in [-0.2, -0.15) is 0 Å². The van der Waals surface area contributed by atoms with E-state index in [1.54, 1.807) is 0 Å². The molecule has 0 atom stereocenters. The molecule has 1 aliphatic rings. The molecule has 1 N–H and O–H groups in total. The van der Waals surface area contributed by atoms with Crippen LogP contribution in [0.1, 0.15) is 29.6 Å². The number of likely N-dealkylation sites (tertiary alicyclic amines) is 1. The minimum absolute atomic E-state index is 0.0147. The molecule has 3 nitrogen and oxygen atoms in total. The van der Waals surface area contributed by atoms with Crippen molar-refractivity contribution in [1.82, 2.24) is 10.2 Å². The molecule has 1 aromatic carbocycles. The molecule has 0 radical (unpaired) electrons. The number of halogens is 2. The number of hydrogen-bond acceptors (Lipinski definition) is 2. The molecule has 20 heavy (non-hydrogen) atoms. The summed E-state index contributed by atoms with van der Waals surface area (Å²) in [7, 11) is 2.12. The average Bonchev–Trinajstić information content (AvgIpc) is 2.43. The lowest BCUT2D eigenvalue weighted by molar-refractivity contribution is 0.0945. The first-order valence-corrected chi connectivity index (χ1v) is 7.36. The van der Waals surface area contributed by atoms with E-state index < -0.39 is 11.7 Å².